The quantitative estimate of drug-likeness (QED) is 0.273. The highest BCUT2D eigenvalue weighted by Crippen LogP contribution is 1.85. The molecule has 0 bridgehead atoms. The molecule has 0 saturated carbocycles. The zero-order valence-electron chi connectivity index (χ0n) is 6.98. The van der Waals surface area contributed by atoms with Gasteiger partial charge in [-0.15, -0.1) is 0 Å². The summed E-state index contributed by atoms with van der Waals surface area (Å²) in [6, 6.07) is 0. The molecule has 0 aliphatic rings. The number of ether oxygens (including phenoxy) is 2. The molecule has 0 aliphatic heterocycles. The van der Waals surface area contributed by atoms with Crippen LogP contribution >= 0.6 is 0 Å². The Hall–Kier alpha value is -1.91. The van der Waals surface area contributed by atoms with E-state index in [0.717, 1.165) is 25.3 Å². The number of carbonyl (C=O) groups excluding carboxylic acids is 3. The summed E-state index contributed by atoms with van der Waals surface area (Å²) in [6.45, 7) is 4.21. The number of esters is 3. The fourth-order valence-electron chi connectivity index (χ4n) is 0.433. The van der Waals surface area contributed by atoms with Crippen LogP contribution in [-0.4, -0.2) is 17.9 Å². The van der Waals surface area contributed by atoms with Gasteiger partial charge < -0.3 is 9.47 Å². The molecule has 0 N–H and O–H groups in total. The minimum atomic E-state index is -0.923. The van der Waals surface area contributed by atoms with Crippen molar-refractivity contribution in [3.05, 3.63) is 25.0 Å². The van der Waals surface area contributed by atoms with Crippen LogP contribution < -0.4 is 0 Å². The smallest absolute Gasteiger partial charge is 0.338 e. The lowest BCUT2D eigenvalue weighted by Crippen LogP contribution is -2.06. The molecule has 0 aliphatic carbocycles. The number of hydrogen-bond donors (Lipinski definition) is 0. The molecular formula is C8H8O5. The summed E-state index contributed by atoms with van der Waals surface area (Å²) >= 11 is 0. The van der Waals surface area contributed by atoms with Gasteiger partial charge in [-0.25, -0.2) is 9.59 Å². The molecule has 0 saturated heterocycles. The maximum Gasteiger partial charge on any atom is 0.338 e. The molecule has 70 valence electrons. The van der Waals surface area contributed by atoms with Crippen molar-refractivity contribution in [1.29, 1.82) is 0 Å². The van der Waals surface area contributed by atoms with Gasteiger partial charge in [0.25, 0.3) is 0 Å². The molecule has 0 rings (SSSR count). The van der Waals surface area contributed by atoms with Crippen LogP contribution in [0.25, 0.3) is 0 Å². The first-order valence-electron chi connectivity index (χ1n) is 3.28. The largest absolute Gasteiger partial charge is 0.432 e. The molecule has 0 aromatic rings. The van der Waals surface area contributed by atoms with Gasteiger partial charge in [-0.1, -0.05) is 6.58 Å². The second kappa shape index (κ2) is 5.70. The number of rotatable bonds is 3. The van der Waals surface area contributed by atoms with Crippen molar-refractivity contribution in [3.8, 4) is 0 Å². The van der Waals surface area contributed by atoms with Crippen molar-refractivity contribution < 1.29 is 23.9 Å². The average Bonchev–Trinajstić information content (AvgIpc) is 2.00. The molecule has 13 heavy (non-hydrogen) atoms. The lowest BCUT2D eigenvalue weighted by molar-refractivity contribution is -0.154. The van der Waals surface area contributed by atoms with Gasteiger partial charge in [0.2, 0.25) is 0 Å². The van der Waals surface area contributed by atoms with E-state index < -0.39 is 17.9 Å². The van der Waals surface area contributed by atoms with Crippen LogP contribution in [-0.2, 0) is 23.9 Å². The summed E-state index contributed by atoms with van der Waals surface area (Å²) in [4.78, 5) is 31.4. The molecule has 0 heterocycles. The Bertz CT molecular complexity index is 264. The third-order valence-corrected chi connectivity index (χ3v) is 0.799. The molecule has 5 nitrogen and oxygen atoms in total. The maximum atomic E-state index is 10.6. The normalized spacial score (nSPS) is 9.31. The van der Waals surface area contributed by atoms with Crippen molar-refractivity contribution in [3.63, 3.8) is 0 Å². The van der Waals surface area contributed by atoms with Crippen LogP contribution in [0.3, 0.4) is 0 Å². The Morgan fingerprint density at radius 3 is 2.15 bits per heavy atom. The Kier molecular flexibility index (Phi) is 4.87. The highest BCUT2D eigenvalue weighted by Gasteiger charge is 2.01. The van der Waals surface area contributed by atoms with Gasteiger partial charge in [0, 0.05) is 19.1 Å². The first-order valence-corrected chi connectivity index (χ1v) is 3.28. The topological polar surface area (TPSA) is 69.7 Å². The monoisotopic (exact) mass is 184 g/mol. The summed E-state index contributed by atoms with van der Waals surface area (Å²) in [5.41, 5.74) is 0. The van der Waals surface area contributed by atoms with E-state index in [-0.39, 0.29) is 0 Å². The molecular weight excluding hydrogens is 176 g/mol. The van der Waals surface area contributed by atoms with E-state index in [2.05, 4.69) is 16.1 Å². The Morgan fingerprint density at radius 1 is 1.15 bits per heavy atom. The van der Waals surface area contributed by atoms with Gasteiger partial charge in [0.1, 0.15) is 0 Å². The highest BCUT2D eigenvalue weighted by atomic mass is 16.6. The van der Waals surface area contributed by atoms with Crippen LogP contribution in [0.2, 0.25) is 0 Å². The molecule has 0 fully saturated rings. The Labute approximate surface area is 74.6 Å². The van der Waals surface area contributed by atoms with E-state index in [0.29, 0.717) is 0 Å². The van der Waals surface area contributed by atoms with Crippen LogP contribution in [0.5, 0.6) is 0 Å². The molecule has 0 aromatic carbocycles. The van der Waals surface area contributed by atoms with E-state index in [9.17, 15) is 14.4 Å². The zero-order chi connectivity index (χ0) is 10.3. The standard InChI is InChI=1S/C8H8O5/c1-3-12-7(10)4-5-8(11)13-6(2)9/h3-5H,1H2,2H3/b5-4+. The van der Waals surface area contributed by atoms with Gasteiger partial charge in [-0.3, -0.25) is 4.79 Å². The maximum absolute atomic E-state index is 10.6. The van der Waals surface area contributed by atoms with Crippen molar-refractivity contribution in [2.75, 3.05) is 0 Å². The highest BCUT2D eigenvalue weighted by molar-refractivity contribution is 5.96. The van der Waals surface area contributed by atoms with Gasteiger partial charge >= 0.3 is 17.9 Å². The first-order chi connectivity index (χ1) is 6.06. The summed E-state index contributed by atoms with van der Waals surface area (Å²) in [7, 11) is 0. The van der Waals surface area contributed by atoms with Gasteiger partial charge in [-0.05, 0) is 0 Å². The third-order valence-electron chi connectivity index (χ3n) is 0.799. The minimum absolute atomic E-state index is 0.744. The predicted molar refractivity (Wildman–Crippen MR) is 42.2 cm³/mol. The second-order valence-electron chi connectivity index (χ2n) is 1.85. The molecule has 0 aromatic heterocycles. The van der Waals surface area contributed by atoms with E-state index >= 15 is 0 Å². The molecule has 0 atom stereocenters. The number of hydrogen-bond acceptors (Lipinski definition) is 5. The first kappa shape index (κ1) is 11.1. The Balaban J connectivity index is 3.96. The third kappa shape index (κ3) is 6.49. The molecule has 5 heteroatoms. The van der Waals surface area contributed by atoms with Crippen LogP contribution in [0.15, 0.2) is 25.0 Å². The van der Waals surface area contributed by atoms with Crippen LogP contribution in [0.4, 0.5) is 0 Å². The summed E-state index contributed by atoms with van der Waals surface area (Å²) in [5.74, 6) is -2.43. The average molecular weight is 184 g/mol. The summed E-state index contributed by atoms with van der Waals surface area (Å²) in [5, 5.41) is 0. The summed E-state index contributed by atoms with van der Waals surface area (Å²) < 4.78 is 8.32. The van der Waals surface area contributed by atoms with E-state index in [1.165, 1.54) is 0 Å². The number of carbonyl (C=O) groups is 3. The fraction of sp³-hybridized carbons (Fsp3) is 0.125. The Morgan fingerprint density at radius 2 is 1.69 bits per heavy atom. The van der Waals surface area contributed by atoms with Crippen molar-refractivity contribution >= 4 is 17.9 Å². The summed E-state index contributed by atoms with van der Waals surface area (Å²) in [6.07, 6.45) is 2.53. The lowest BCUT2D eigenvalue weighted by Gasteiger charge is -1.92. The van der Waals surface area contributed by atoms with E-state index in [1.54, 1.807) is 0 Å². The van der Waals surface area contributed by atoms with Gasteiger partial charge in [-0.2, -0.15) is 0 Å². The minimum Gasteiger partial charge on any atom is -0.432 e. The van der Waals surface area contributed by atoms with Gasteiger partial charge in [0.05, 0.1) is 6.26 Å². The van der Waals surface area contributed by atoms with Crippen molar-refractivity contribution in [1.82, 2.24) is 0 Å². The van der Waals surface area contributed by atoms with E-state index in [1.807, 2.05) is 0 Å². The predicted octanol–water partition coefficient (Wildman–Crippen LogP) is 0.319. The lowest BCUT2D eigenvalue weighted by atomic mass is 10.5. The van der Waals surface area contributed by atoms with Gasteiger partial charge in [0.15, 0.2) is 0 Å². The van der Waals surface area contributed by atoms with E-state index in [4.69, 9.17) is 0 Å². The zero-order valence-corrected chi connectivity index (χ0v) is 6.98. The molecule has 0 spiro atoms. The van der Waals surface area contributed by atoms with Crippen LogP contribution in [0.1, 0.15) is 6.92 Å². The fourth-order valence-corrected chi connectivity index (χ4v) is 0.433. The SMILES string of the molecule is C=COC(=O)/C=C/C(=O)OC(C)=O. The molecule has 0 unspecified atom stereocenters. The van der Waals surface area contributed by atoms with Crippen molar-refractivity contribution in [2.45, 2.75) is 6.92 Å². The van der Waals surface area contributed by atoms with Crippen LogP contribution in [0, 0.1) is 0 Å². The molecule has 0 amide bonds. The second-order valence-corrected chi connectivity index (χ2v) is 1.85. The van der Waals surface area contributed by atoms with Crippen molar-refractivity contribution in [2.24, 2.45) is 0 Å². The molecule has 0 radical (unpaired) electrons.